The van der Waals surface area contributed by atoms with Gasteiger partial charge in [0.2, 0.25) is 11.8 Å². The van der Waals surface area contributed by atoms with Crippen LogP contribution in [0.25, 0.3) is 10.8 Å². The van der Waals surface area contributed by atoms with Gasteiger partial charge in [-0.2, -0.15) is 0 Å². The molecule has 8 heteroatoms. The Hall–Kier alpha value is -3.87. The molecule has 5 rings (SSSR count). The van der Waals surface area contributed by atoms with Crippen molar-refractivity contribution >= 4 is 57.4 Å². The molecule has 43 heavy (non-hydrogen) atoms. The van der Waals surface area contributed by atoms with Crippen molar-refractivity contribution in [3.63, 3.8) is 0 Å². The first-order valence-corrected chi connectivity index (χ1v) is 15.4. The van der Waals surface area contributed by atoms with Crippen LogP contribution in [0.15, 0.2) is 84.9 Å². The first-order valence-electron chi connectivity index (χ1n) is 14.6. The van der Waals surface area contributed by atoms with Crippen LogP contribution in [0.3, 0.4) is 0 Å². The molecule has 0 spiro atoms. The number of carbonyl (C=O) groups is 3. The molecule has 0 saturated heterocycles. The minimum absolute atomic E-state index is 0.0611. The van der Waals surface area contributed by atoms with Crippen molar-refractivity contribution in [1.82, 2.24) is 10.2 Å². The molecule has 0 aliphatic carbocycles. The number of nitrogens with one attached hydrogen (secondary N) is 1. The standard InChI is InChI=1S/C35H35Cl2N3O3/c1-23(2)21-38-34(42)31(20-24-10-4-3-5-11-24)40(22-27-28(36)15-8-16-29(27)37)32(41)18-9-19-39-30-17-7-13-25-12-6-14-26(33(25)30)35(39)43/h3-8,10-17,23,31H,9,18-22H2,1-2H3,(H,38,42)/t31-/m1/s1. The quantitative estimate of drug-likeness (QED) is 0.182. The highest BCUT2D eigenvalue weighted by molar-refractivity contribution is 6.36. The Morgan fingerprint density at radius 1 is 0.884 bits per heavy atom. The smallest absolute Gasteiger partial charge is 0.258 e. The number of rotatable bonds is 12. The van der Waals surface area contributed by atoms with Crippen LogP contribution in [0.5, 0.6) is 0 Å². The zero-order chi connectivity index (χ0) is 30.5. The summed E-state index contributed by atoms with van der Waals surface area (Å²) in [5.41, 5.74) is 3.06. The monoisotopic (exact) mass is 615 g/mol. The van der Waals surface area contributed by atoms with Gasteiger partial charge in [-0.25, -0.2) is 0 Å². The highest BCUT2D eigenvalue weighted by Gasteiger charge is 2.33. The minimum Gasteiger partial charge on any atom is -0.354 e. The van der Waals surface area contributed by atoms with E-state index in [0.717, 1.165) is 22.0 Å². The summed E-state index contributed by atoms with van der Waals surface area (Å²) in [5, 5.41) is 5.85. The molecule has 1 aliphatic rings. The SMILES string of the molecule is CC(C)CNC(=O)[C@@H](Cc1ccccc1)N(Cc1c(Cl)cccc1Cl)C(=O)CCCN1C(=O)c2cccc3cccc1c23. The van der Waals surface area contributed by atoms with E-state index in [1.165, 1.54) is 0 Å². The molecule has 0 fully saturated rings. The van der Waals surface area contributed by atoms with Gasteiger partial charge in [-0.15, -0.1) is 0 Å². The topological polar surface area (TPSA) is 69.7 Å². The van der Waals surface area contributed by atoms with Crippen molar-refractivity contribution in [3.05, 3.63) is 112 Å². The summed E-state index contributed by atoms with van der Waals surface area (Å²) < 4.78 is 0. The number of anilines is 1. The van der Waals surface area contributed by atoms with Gasteiger partial charge in [0.15, 0.2) is 0 Å². The fourth-order valence-corrected chi connectivity index (χ4v) is 6.08. The minimum atomic E-state index is -0.785. The van der Waals surface area contributed by atoms with Gasteiger partial charge in [-0.05, 0) is 47.6 Å². The van der Waals surface area contributed by atoms with Crippen LogP contribution in [-0.4, -0.2) is 41.8 Å². The third kappa shape index (κ3) is 6.87. The second kappa shape index (κ2) is 13.6. The third-order valence-corrected chi connectivity index (χ3v) is 8.48. The van der Waals surface area contributed by atoms with Gasteiger partial charge in [0.05, 0.1) is 5.69 Å². The van der Waals surface area contributed by atoms with Crippen LogP contribution in [0, 0.1) is 5.92 Å². The van der Waals surface area contributed by atoms with Crippen LogP contribution in [0.1, 0.15) is 48.2 Å². The Kier molecular flexibility index (Phi) is 9.69. The lowest BCUT2D eigenvalue weighted by molar-refractivity contribution is -0.141. The summed E-state index contributed by atoms with van der Waals surface area (Å²) >= 11 is 13.1. The van der Waals surface area contributed by atoms with Crippen molar-refractivity contribution in [1.29, 1.82) is 0 Å². The summed E-state index contributed by atoms with van der Waals surface area (Å²) in [4.78, 5) is 44.4. The molecule has 1 aliphatic heterocycles. The Balaban J connectivity index is 1.40. The molecule has 0 saturated carbocycles. The Morgan fingerprint density at radius 2 is 1.56 bits per heavy atom. The number of amides is 3. The molecule has 3 amide bonds. The van der Waals surface area contributed by atoms with Crippen molar-refractivity contribution in [2.45, 2.75) is 45.7 Å². The van der Waals surface area contributed by atoms with Crippen molar-refractivity contribution in [2.24, 2.45) is 5.92 Å². The first-order chi connectivity index (χ1) is 20.7. The second-order valence-corrected chi connectivity index (χ2v) is 12.1. The fraction of sp³-hybridized carbons (Fsp3) is 0.286. The highest BCUT2D eigenvalue weighted by Crippen LogP contribution is 2.37. The molecule has 222 valence electrons. The van der Waals surface area contributed by atoms with E-state index in [1.807, 2.05) is 80.6 Å². The molecule has 0 radical (unpaired) electrons. The van der Waals surface area contributed by atoms with Crippen LogP contribution in [-0.2, 0) is 22.6 Å². The third-order valence-electron chi connectivity index (χ3n) is 7.77. The molecular formula is C35H35Cl2N3O3. The number of carbonyl (C=O) groups excluding carboxylic acids is 3. The predicted octanol–water partition coefficient (Wildman–Crippen LogP) is 7.30. The average Bonchev–Trinajstić information content (AvgIpc) is 3.27. The predicted molar refractivity (Wildman–Crippen MR) is 174 cm³/mol. The number of halogens is 2. The summed E-state index contributed by atoms with van der Waals surface area (Å²) in [5.74, 6) is -0.256. The van der Waals surface area contributed by atoms with Gasteiger partial charge in [-0.3, -0.25) is 14.4 Å². The van der Waals surface area contributed by atoms with Crippen molar-refractivity contribution in [2.75, 3.05) is 18.0 Å². The van der Waals surface area contributed by atoms with Crippen LogP contribution >= 0.6 is 23.2 Å². The largest absolute Gasteiger partial charge is 0.354 e. The molecule has 1 heterocycles. The molecule has 6 nitrogen and oxygen atoms in total. The summed E-state index contributed by atoms with van der Waals surface area (Å²) in [6.07, 6.45) is 0.898. The van der Waals surface area contributed by atoms with E-state index in [0.29, 0.717) is 47.1 Å². The Labute approximate surface area is 262 Å². The Morgan fingerprint density at radius 3 is 2.26 bits per heavy atom. The highest BCUT2D eigenvalue weighted by atomic mass is 35.5. The molecule has 0 aromatic heterocycles. The normalized spacial score (nSPS) is 13.0. The van der Waals surface area contributed by atoms with E-state index in [9.17, 15) is 14.4 Å². The average molecular weight is 617 g/mol. The lowest BCUT2D eigenvalue weighted by Crippen LogP contribution is -2.51. The van der Waals surface area contributed by atoms with E-state index in [4.69, 9.17) is 23.2 Å². The van der Waals surface area contributed by atoms with E-state index in [1.54, 1.807) is 28.0 Å². The zero-order valence-corrected chi connectivity index (χ0v) is 25.9. The lowest BCUT2D eigenvalue weighted by Gasteiger charge is -2.32. The van der Waals surface area contributed by atoms with E-state index >= 15 is 0 Å². The number of benzene rings is 4. The van der Waals surface area contributed by atoms with Gasteiger partial charge in [-0.1, -0.05) is 97.7 Å². The number of hydrogen-bond donors (Lipinski definition) is 1. The lowest BCUT2D eigenvalue weighted by atomic mass is 10.0. The maximum absolute atomic E-state index is 14.1. The molecule has 0 bridgehead atoms. The molecule has 4 aromatic carbocycles. The van der Waals surface area contributed by atoms with Crippen LogP contribution in [0.2, 0.25) is 10.0 Å². The number of hydrogen-bond acceptors (Lipinski definition) is 3. The van der Waals surface area contributed by atoms with Gasteiger partial charge in [0.25, 0.3) is 5.91 Å². The maximum Gasteiger partial charge on any atom is 0.258 e. The van der Waals surface area contributed by atoms with Crippen molar-refractivity contribution in [3.8, 4) is 0 Å². The van der Waals surface area contributed by atoms with Gasteiger partial charge in [0.1, 0.15) is 6.04 Å². The van der Waals surface area contributed by atoms with E-state index in [2.05, 4.69) is 5.32 Å². The second-order valence-electron chi connectivity index (χ2n) is 11.3. The van der Waals surface area contributed by atoms with Crippen LogP contribution < -0.4 is 10.2 Å². The summed E-state index contributed by atoms with van der Waals surface area (Å²) in [7, 11) is 0. The van der Waals surface area contributed by atoms with Gasteiger partial charge in [0, 0.05) is 59.0 Å². The molecule has 4 aromatic rings. The van der Waals surface area contributed by atoms with Gasteiger partial charge < -0.3 is 15.1 Å². The van der Waals surface area contributed by atoms with Crippen LogP contribution in [0.4, 0.5) is 5.69 Å². The molecular weight excluding hydrogens is 581 g/mol. The molecule has 1 N–H and O–H groups in total. The number of nitrogens with zero attached hydrogens (tertiary/aromatic N) is 2. The summed E-state index contributed by atoms with van der Waals surface area (Å²) in [6, 6.07) is 25.7. The fourth-order valence-electron chi connectivity index (χ4n) is 5.56. The first kappa shape index (κ1) is 30.6. The molecule has 1 atom stereocenters. The maximum atomic E-state index is 14.1. The van der Waals surface area contributed by atoms with Crippen molar-refractivity contribution < 1.29 is 14.4 Å². The zero-order valence-electron chi connectivity index (χ0n) is 24.4. The van der Waals surface area contributed by atoms with Gasteiger partial charge >= 0.3 is 0 Å². The molecule has 0 unspecified atom stereocenters. The summed E-state index contributed by atoms with van der Waals surface area (Å²) in [6.45, 7) is 5.00. The Bertz CT molecular complexity index is 1610. The van der Waals surface area contributed by atoms with E-state index < -0.39 is 6.04 Å². The van der Waals surface area contributed by atoms with E-state index in [-0.39, 0.29) is 36.6 Å².